The Labute approximate surface area is 147 Å². The predicted octanol–water partition coefficient (Wildman–Crippen LogP) is 5.76. The third kappa shape index (κ3) is 8.50. The number of nitrogens with zero attached hydrogens (tertiary/aromatic N) is 1. The van der Waals surface area contributed by atoms with E-state index in [4.69, 9.17) is 13.8 Å². The summed E-state index contributed by atoms with van der Waals surface area (Å²) in [6.07, 6.45) is 4.39. The van der Waals surface area contributed by atoms with Crippen LogP contribution in [0.15, 0.2) is 0 Å². The molecule has 6 nitrogen and oxygen atoms in total. The first-order valence-electron chi connectivity index (χ1n) is 9.03. The molecule has 0 aromatic carbocycles. The molecular formula is C17H36NO5P. The molecule has 0 fully saturated rings. The fourth-order valence-electron chi connectivity index (χ4n) is 2.31. The van der Waals surface area contributed by atoms with Gasteiger partial charge in [-0.3, -0.25) is 9.05 Å². The summed E-state index contributed by atoms with van der Waals surface area (Å²) in [5, 5.41) is 0. The number of amides is 1. The van der Waals surface area contributed by atoms with Crippen LogP contribution in [-0.2, 0) is 18.3 Å². The van der Waals surface area contributed by atoms with Gasteiger partial charge in [0, 0.05) is 6.04 Å². The van der Waals surface area contributed by atoms with Gasteiger partial charge < -0.3 is 4.74 Å². The Balaban J connectivity index is 5.32. The SMILES string of the molecule is CCCCCC[C@@H](C)N(C(=O)OC(C)(C)C)P(=O)(OCC)OCC. The van der Waals surface area contributed by atoms with Gasteiger partial charge in [0.1, 0.15) is 5.60 Å². The number of rotatable bonds is 11. The number of hydrogen-bond donors (Lipinski definition) is 0. The van der Waals surface area contributed by atoms with Crippen LogP contribution in [0.1, 0.15) is 80.6 Å². The van der Waals surface area contributed by atoms with E-state index in [1.165, 1.54) is 4.67 Å². The summed E-state index contributed by atoms with van der Waals surface area (Å²) in [7, 11) is -3.72. The minimum atomic E-state index is -3.72. The molecule has 0 aromatic heterocycles. The summed E-state index contributed by atoms with van der Waals surface area (Å²) in [6, 6.07) is -0.291. The van der Waals surface area contributed by atoms with Crippen molar-refractivity contribution in [3.8, 4) is 0 Å². The molecule has 144 valence electrons. The highest BCUT2D eigenvalue weighted by atomic mass is 31.2. The number of carbonyl (C=O) groups is 1. The lowest BCUT2D eigenvalue weighted by atomic mass is 10.1. The first-order valence-corrected chi connectivity index (χ1v) is 10.5. The lowest BCUT2D eigenvalue weighted by molar-refractivity contribution is 0.0255. The van der Waals surface area contributed by atoms with E-state index >= 15 is 0 Å². The van der Waals surface area contributed by atoms with E-state index in [0.29, 0.717) is 0 Å². The Morgan fingerprint density at radius 3 is 2.00 bits per heavy atom. The van der Waals surface area contributed by atoms with Crippen molar-refractivity contribution in [1.29, 1.82) is 0 Å². The summed E-state index contributed by atoms with van der Waals surface area (Å²) in [5.41, 5.74) is -0.680. The van der Waals surface area contributed by atoms with Crippen LogP contribution in [0.2, 0.25) is 0 Å². The molecule has 0 unspecified atom stereocenters. The van der Waals surface area contributed by atoms with Gasteiger partial charge in [-0.25, -0.2) is 14.0 Å². The average molecular weight is 365 g/mol. The van der Waals surface area contributed by atoms with Gasteiger partial charge in [-0.15, -0.1) is 0 Å². The van der Waals surface area contributed by atoms with Gasteiger partial charge in [-0.05, 0) is 48.0 Å². The van der Waals surface area contributed by atoms with E-state index in [0.717, 1.165) is 32.1 Å². The molecule has 0 saturated heterocycles. The molecule has 0 aliphatic heterocycles. The fourth-order valence-corrected chi connectivity index (χ4v) is 4.12. The largest absolute Gasteiger partial charge is 0.443 e. The van der Waals surface area contributed by atoms with E-state index in [1.54, 1.807) is 34.6 Å². The van der Waals surface area contributed by atoms with Crippen molar-refractivity contribution in [3.05, 3.63) is 0 Å². The minimum Gasteiger partial charge on any atom is -0.443 e. The molecule has 0 aromatic rings. The topological polar surface area (TPSA) is 65.1 Å². The van der Waals surface area contributed by atoms with Gasteiger partial charge in [-0.2, -0.15) is 0 Å². The Morgan fingerprint density at radius 2 is 1.58 bits per heavy atom. The number of hydrogen-bond acceptors (Lipinski definition) is 5. The molecule has 0 saturated carbocycles. The Kier molecular flexibility index (Phi) is 10.8. The highest BCUT2D eigenvalue weighted by molar-refractivity contribution is 7.52. The Hall–Kier alpha value is -0.580. The third-order valence-electron chi connectivity index (χ3n) is 3.32. The maximum absolute atomic E-state index is 13.2. The molecule has 1 amide bonds. The van der Waals surface area contributed by atoms with Crippen molar-refractivity contribution in [2.24, 2.45) is 0 Å². The highest BCUT2D eigenvalue weighted by Crippen LogP contribution is 2.54. The molecule has 0 rings (SSSR count). The molecule has 7 heteroatoms. The maximum atomic E-state index is 13.2. The summed E-state index contributed by atoms with van der Waals surface area (Å²) in [6.45, 7) is 13.2. The van der Waals surface area contributed by atoms with Gasteiger partial charge in [0.2, 0.25) is 0 Å². The predicted molar refractivity (Wildman–Crippen MR) is 97.2 cm³/mol. The van der Waals surface area contributed by atoms with Crippen molar-refractivity contribution in [2.75, 3.05) is 13.2 Å². The minimum absolute atomic E-state index is 0.194. The van der Waals surface area contributed by atoms with Crippen molar-refractivity contribution >= 4 is 13.8 Å². The van der Waals surface area contributed by atoms with Crippen molar-refractivity contribution in [1.82, 2.24) is 4.67 Å². The molecule has 0 N–H and O–H groups in total. The zero-order valence-corrected chi connectivity index (χ0v) is 17.4. The molecule has 0 heterocycles. The van der Waals surface area contributed by atoms with Crippen LogP contribution in [0.4, 0.5) is 4.79 Å². The smallest absolute Gasteiger partial charge is 0.440 e. The van der Waals surface area contributed by atoms with E-state index in [9.17, 15) is 9.36 Å². The zero-order chi connectivity index (χ0) is 18.8. The number of ether oxygens (including phenoxy) is 1. The van der Waals surface area contributed by atoms with Crippen LogP contribution in [0.25, 0.3) is 0 Å². The van der Waals surface area contributed by atoms with Crippen LogP contribution >= 0.6 is 7.75 Å². The lowest BCUT2D eigenvalue weighted by Gasteiger charge is -2.35. The first-order chi connectivity index (χ1) is 11.1. The molecule has 0 bridgehead atoms. The Bertz CT molecular complexity index is 398. The van der Waals surface area contributed by atoms with Crippen molar-refractivity contribution in [2.45, 2.75) is 92.2 Å². The molecule has 1 atom stereocenters. The summed E-state index contributed by atoms with van der Waals surface area (Å²) < 4.78 is 30.5. The van der Waals surface area contributed by atoms with Gasteiger partial charge in [0.25, 0.3) is 0 Å². The second-order valence-corrected chi connectivity index (χ2v) is 8.71. The summed E-state index contributed by atoms with van der Waals surface area (Å²) in [4.78, 5) is 12.7. The average Bonchev–Trinajstić information content (AvgIpc) is 2.42. The van der Waals surface area contributed by atoms with E-state index in [-0.39, 0.29) is 19.3 Å². The monoisotopic (exact) mass is 365 g/mol. The van der Waals surface area contributed by atoms with Gasteiger partial charge in [-0.1, -0.05) is 32.6 Å². The van der Waals surface area contributed by atoms with Crippen LogP contribution in [0, 0.1) is 0 Å². The van der Waals surface area contributed by atoms with E-state index < -0.39 is 19.4 Å². The second-order valence-electron chi connectivity index (χ2n) is 6.83. The lowest BCUT2D eigenvalue weighted by Crippen LogP contribution is -2.41. The molecule has 0 spiro atoms. The van der Waals surface area contributed by atoms with Gasteiger partial charge in [0.15, 0.2) is 0 Å². The number of carbonyl (C=O) groups excluding carboxylic acids is 1. The standard InChI is InChI=1S/C17H36NO5P/c1-8-11-12-13-14-15(4)18(16(19)23-17(5,6)7)24(20,21-9-2)22-10-3/h15H,8-14H2,1-7H3/t15-/m1/s1. The molecule has 0 radical (unpaired) electrons. The summed E-state index contributed by atoms with van der Waals surface area (Å²) in [5.74, 6) is 0. The fraction of sp³-hybridized carbons (Fsp3) is 0.941. The van der Waals surface area contributed by atoms with Gasteiger partial charge >= 0.3 is 13.8 Å². The van der Waals surface area contributed by atoms with Crippen LogP contribution in [0.5, 0.6) is 0 Å². The van der Waals surface area contributed by atoms with Crippen LogP contribution in [0.3, 0.4) is 0 Å². The summed E-state index contributed by atoms with van der Waals surface area (Å²) >= 11 is 0. The first kappa shape index (κ1) is 23.4. The highest BCUT2D eigenvalue weighted by Gasteiger charge is 2.42. The quantitative estimate of drug-likeness (QED) is 0.344. The third-order valence-corrected chi connectivity index (χ3v) is 5.58. The van der Waals surface area contributed by atoms with E-state index in [2.05, 4.69) is 6.92 Å². The molecular weight excluding hydrogens is 329 g/mol. The number of unbranched alkanes of at least 4 members (excludes halogenated alkanes) is 3. The molecule has 24 heavy (non-hydrogen) atoms. The Morgan fingerprint density at radius 1 is 1.04 bits per heavy atom. The second kappa shape index (κ2) is 11.1. The normalized spacial score (nSPS) is 13.6. The van der Waals surface area contributed by atoms with Crippen LogP contribution in [-0.4, -0.2) is 35.6 Å². The van der Waals surface area contributed by atoms with Crippen molar-refractivity contribution in [3.63, 3.8) is 0 Å². The van der Waals surface area contributed by atoms with Crippen LogP contribution < -0.4 is 0 Å². The maximum Gasteiger partial charge on any atom is 0.440 e. The van der Waals surface area contributed by atoms with E-state index in [1.807, 2.05) is 6.92 Å². The van der Waals surface area contributed by atoms with Crippen molar-refractivity contribution < 1.29 is 23.1 Å². The molecule has 0 aliphatic rings. The van der Waals surface area contributed by atoms with Gasteiger partial charge in [0.05, 0.1) is 13.2 Å². The zero-order valence-electron chi connectivity index (χ0n) is 16.5. The molecule has 0 aliphatic carbocycles.